The molecule has 1 aliphatic heterocycles. The lowest BCUT2D eigenvalue weighted by Gasteiger charge is -2.18. The lowest BCUT2D eigenvalue weighted by atomic mass is 10.1. The first-order valence-electron chi connectivity index (χ1n) is 10.5. The Hall–Kier alpha value is -2.60. The molecular formula is C23H30N4O2. The molecule has 3 aromatic rings. The maximum absolute atomic E-state index is 6.10. The van der Waals surface area contributed by atoms with E-state index in [2.05, 4.69) is 29.0 Å². The largest absolute Gasteiger partial charge is 0.493 e. The molecule has 1 fully saturated rings. The smallest absolute Gasteiger partial charge is 0.163 e. The monoisotopic (exact) mass is 394 g/mol. The van der Waals surface area contributed by atoms with Crippen molar-refractivity contribution >= 4 is 27.5 Å². The first kappa shape index (κ1) is 19.7. The van der Waals surface area contributed by atoms with Crippen LogP contribution in [-0.2, 0) is 0 Å². The van der Waals surface area contributed by atoms with Gasteiger partial charge in [0.15, 0.2) is 11.5 Å². The van der Waals surface area contributed by atoms with Gasteiger partial charge in [-0.05, 0) is 58.3 Å². The summed E-state index contributed by atoms with van der Waals surface area (Å²) in [5, 5.41) is 5.59. The van der Waals surface area contributed by atoms with Gasteiger partial charge in [-0.3, -0.25) is 4.98 Å². The zero-order chi connectivity index (χ0) is 20.2. The number of pyridine rings is 2. The first-order valence-corrected chi connectivity index (χ1v) is 10.5. The molecule has 6 nitrogen and oxygen atoms in total. The Bertz CT molecular complexity index is 983. The number of hydrogen-bond donors (Lipinski definition) is 1. The van der Waals surface area contributed by atoms with Crippen LogP contribution < -0.4 is 14.8 Å². The normalized spacial score (nSPS) is 14.8. The standard InChI is InChI=1S/C23H30N4O2/c1-16(2)25-23-17-13-21(28-3)22(29-12-6-11-27-9-4-5-10-27)14-20(17)26-19-7-8-24-15-18(19)23/h7-8,13-16H,4-6,9-12H2,1-3H3,(H,25,26). The minimum Gasteiger partial charge on any atom is -0.493 e. The number of nitrogens with zero attached hydrogens (tertiary/aromatic N) is 3. The van der Waals surface area contributed by atoms with Crippen molar-refractivity contribution in [1.82, 2.24) is 14.9 Å². The Labute approximate surface area is 172 Å². The van der Waals surface area contributed by atoms with Gasteiger partial charge in [-0.2, -0.15) is 0 Å². The number of ether oxygens (including phenoxy) is 2. The zero-order valence-electron chi connectivity index (χ0n) is 17.6. The highest BCUT2D eigenvalue weighted by atomic mass is 16.5. The van der Waals surface area contributed by atoms with E-state index in [4.69, 9.17) is 14.5 Å². The van der Waals surface area contributed by atoms with E-state index in [-0.39, 0.29) is 6.04 Å². The van der Waals surface area contributed by atoms with Crippen LogP contribution in [0.15, 0.2) is 30.6 Å². The van der Waals surface area contributed by atoms with E-state index in [9.17, 15) is 0 Å². The number of methoxy groups -OCH3 is 1. The van der Waals surface area contributed by atoms with Gasteiger partial charge in [0, 0.05) is 41.8 Å². The number of benzene rings is 1. The third kappa shape index (κ3) is 4.37. The fraction of sp³-hybridized carbons (Fsp3) is 0.478. The van der Waals surface area contributed by atoms with E-state index >= 15 is 0 Å². The fourth-order valence-electron chi connectivity index (χ4n) is 3.99. The zero-order valence-corrected chi connectivity index (χ0v) is 17.6. The molecule has 4 rings (SSSR count). The van der Waals surface area contributed by atoms with E-state index in [1.807, 2.05) is 24.4 Å². The fourth-order valence-corrected chi connectivity index (χ4v) is 3.99. The molecule has 0 atom stereocenters. The van der Waals surface area contributed by atoms with Crippen molar-refractivity contribution in [2.24, 2.45) is 0 Å². The van der Waals surface area contributed by atoms with Gasteiger partial charge in [0.2, 0.25) is 0 Å². The summed E-state index contributed by atoms with van der Waals surface area (Å²) in [5.74, 6) is 1.48. The second-order valence-corrected chi connectivity index (χ2v) is 7.95. The summed E-state index contributed by atoms with van der Waals surface area (Å²) in [6.45, 7) is 8.46. The third-order valence-electron chi connectivity index (χ3n) is 5.37. The van der Waals surface area contributed by atoms with Gasteiger partial charge < -0.3 is 19.7 Å². The molecule has 1 N–H and O–H groups in total. The van der Waals surface area contributed by atoms with Crippen molar-refractivity contribution in [2.75, 3.05) is 38.7 Å². The Kier molecular flexibility index (Phi) is 6.00. The van der Waals surface area contributed by atoms with Crippen LogP contribution in [0.5, 0.6) is 11.5 Å². The lowest BCUT2D eigenvalue weighted by molar-refractivity contribution is 0.254. The Balaban J connectivity index is 1.64. The van der Waals surface area contributed by atoms with Gasteiger partial charge in [-0.1, -0.05) is 0 Å². The number of aromatic nitrogens is 2. The van der Waals surface area contributed by atoms with E-state index in [1.165, 1.54) is 25.9 Å². The molecule has 0 radical (unpaired) electrons. The SMILES string of the molecule is COc1cc2c(NC(C)C)c3cnccc3nc2cc1OCCCN1CCCC1. The second kappa shape index (κ2) is 8.82. The maximum Gasteiger partial charge on any atom is 0.163 e. The highest BCUT2D eigenvalue weighted by Gasteiger charge is 2.16. The highest BCUT2D eigenvalue weighted by molar-refractivity contribution is 6.08. The molecule has 0 unspecified atom stereocenters. The summed E-state index contributed by atoms with van der Waals surface area (Å²) < 4.78 is 11.8. The Morgan fingerprint density at radius 3 is 2.69 bits per heavy atom. The van der Waals surface area contributed by atoms with Crippen LogP contribution in [0, 0.1) is 0 Å². The molecule has 2 aromatic heterocycles. The van der Waals surface area contributed by atoms with Gasteiger partial charge in [0.1, 0.15) is 0 Å². The molecule has 1 aliphatic rings. The predicted octanol–water partition coefficient (Wildman–Crippen LogP) is 4.48. The van der Waals surface area contributed by atoms with Gasteiger partial charge in [0.25, 0.3) is 0 Å². The highest BCUT2D eigenvalue weighted by Crippen LogP contribution is 2.38. The van der Waals surface area contributed by atoms with Crippen LogP contribution >= 0.6 is 0 Å². The van der Waals surface area contributed by atoms with Crippen LogP contribution in [0.3, 0.4) is 0 Å². The Morgan fingerprint density at radius 1 is 1.10 bits per heavy atom. The molecule has 0 bridgehead atoms. The topological polar surface area (TPSA) is 59.5 Å². The molecule has 29 heavy (non-hydrogen) atoms. The van der Waals surface area contributed by atoms with Crippen molar-refractivity contribution in [3.63, 3.8) is 0 Å². The van der Waals surface area contributed by atoms with Crippen molar-refractivity contribution < 1.29 is 9.47 Å². The van der Waals surface area contributed by atoms with Gasteiger partial charge >= 0.3 is 0 Å². The summed E-state index contributed by atoms with van der Waals surface area (Å²) >= 11 is 0. The number of rotatable bonds is 8. The molecule has 0 saturated carbocycles. The van der Waals surface area contributed by atoms with E-state index in [1.54, 1.807) is 13.3 Å². The van der Waals surface area contributed by atoms with Crippen molar-refractivity contribution in [1.29, 1.82) is 0 Å². The van der Waals surface area contributed by atoms with Crippen molar-refractivity contribution in [3.8, 4) is 11.5 Å². The summed E-state index contributed by atoms with van der Waals surface area (Å²) in [5.41, 5.74) is 2.84. The van der Waals surface area contributed by atoms with Crippen LogP contribution in [0.1, 0.15) is 33.1 Å². The van der Waals surface area contributed by atoms with Crippen LogP contribution in [0.25, 0.3) is 21.8 Å². The van der Waals surface area contributed by atoms with Crippen LogP contribution in [0.2, 0.25) is 0 Å². The lowest BCUT2D eigenvalue weighted by Crippen LogP contribution is -2.21. The summed E-state index contributed by atoms with van der Waals surface area (Å²) in [4.78, 5) is 11.6. The second-order valence-electron chi connectivity index (χ2n) is 7.95. The number of likely N-dealkylation sites (tertiary alicyclic amines) is 1. The quantitative estimate of drug-likeness (QED) is 0.449. The van der Waals surface area contributed by atoms with E-state index < -0.39 is 0 Å². The van der Waals surface area contributed by atoms with Gasteiger partial charge in [0.05, 0.1) is 30.4 Å². The average Bonchev–Trinajstić information content (AvgIpc) is 3.24. The Morgan fingerprint density at radius 2 is 1.93 bits per heavy atom. The molecule has 0 spiro atoms. The predicted molar refractivity (Wildman–Crippen MR) is 118 cm³/mol. The minimum atomic E-state index is 0.288. The molecule has 6 heteroatoms. The molecule has 1 aromatic carbocycles. The van der Waals surface area contributed by atoms with Crippen molar-refractivity contribution in [3.05, 3.63) is 30.6 Å². The third-order valence-corrected chi connectivity index (χ3v) is 5.37. The van der Waals surface area contributed by atoms with Gasteiger partial charge in [-0.15, -0.1) is 0 Å². The average molecular weight is 395 g/mol. The molecule has 1 saturated heterocycles. The van der Waals surface area contributed by atoms with Crippen LogP contribution in [0.4, 0.5) is 5.69 Å². The van der Waals surface area contributed by atoms with E-state index in [0.29, 0.717) is 6.61 Å². The summed E-state index contributed by atoms with van der Waals surface area (Å²) in [6.07, 6.45) is 7.29. The molecular weight excluding hydrogens is 364 g/mol. The summed E-state index contributed by atoms with van der Waals surface area (Å²) in [7, 11) is 1.68. The van der Waals surface area contributed by atoms with E-state index in [0.717, 1.165) is 52.0 Å². The molecule has 0 amide bonds. The van der Waals surface area contributed by atoms with Crippen molar-refractivity contribution in [2.45, 2.75) is 39.2 Å². The van der Waals surface area contributed by atoms with Crippen LogP contribution in [-0.4, -0.2) is 54.3 Å². The number of anilines is 1. The maximum atomic E-state index is 6.10. The number of fused-ring (bicyclic) bond motifs is 2. The summed E-state index contributed by atoms with van der Waals surface area (Å²) in [6, 6.07) is 6.25. The molecule has 154 valence electrons. The van der Waals surface area contributed by atoms with Gasteiger partial charge in [-0.25, -0.2) is 4.98 Å². The minimum absolute atomic E-state index is 0.288. The first-order chi connectivity index (χ1) is 14.2. The number of hydrogen-bond acceptors (Lipinski definition) is 6. The molecule has 0 aliphatic carbocycles. The number of nitrogens with one attached hydrogen (secondary N) is 1. The molecule has 3 heterocycles.